The van der Waals surface area contributed by atoms with Crippen molar-refractivity contribution in [3.05, 3.63) is 40.2 Å². The summed E-state index contributed by atoms with van der Waals surface area (Å²) in [5.41, 5.74) is 1.67. The average molecular weight is 410 g/mol. The number of aryl methyl sites for hydroxylation is 1. The van der Waals surface area contributed by atoms with Gasteiger partial charge in [-0.2, -0.15) is 0 Å². The van der Waals surface area contributed by atoms with E-state index in [4.69, 9.17) is 4.99 Å². The number of amides is 1. The van der Waals surface area contributed by atoms with Crippen LogP contribution in [0.2, 0.25) is 0 Å². The monoisotopic (exact) mass is 409 g/mol. The summed E-state index contributed by atoms with van der Waals surface area (Å²) in [6.07, 6.45) is 8.49. The van der Waals surface area contributed by atoms with Gasteiger partial charge < -0.3 is 15.5 Å². The SMILES string of the molecule is Cc1ccsc1C(=O)N1CCC[C@@]2(C1)Nc1cccnc1NC2=NC1CCCC1. The van der Waals surface area contributed by atoms with E-state index in [-0.39, 0.29) is 11.4 Å². The molecule has 2 aromatic heterocycles. The molecule has 3 aliphatic rings. The highest BCUT2D eigenvalue weighted by Gasteiger charge is 2.45. The lowest BCUT2D eigenvalue weighted by molar-refractivity contribution is 0.0698. The second-order valence-corrected chi connectivity index (χ2v) is 9.33. The Kier molecular flexibility index (Phi) is 4.78. The number of fused-ring (bicyclic) bond motifs is 1. The number of nitrogens with one attached hydrogen (secondary N) is 2. The Morgan fingerprint density at radius 2 is 2.17 bits per heavy atom. The zero-order chi connectivity index (χ0) is 19.8. The number of rotatable bonds is 2. The van der Waals surface area contributed by atoms with Crippen LogP contribution in [0.1, 0.15) is 53.8 Å². The molecule has 0 bridgehead atoms. The first-order valence-corrected chi connectivity index (χ1v) is 11.4. The summed E-state index contributed by atoms with van der Waals surface area (Å²) in [5, 5.41) is 9.26. The largest absolute Gasteiger partial charge is 0.368 e. The van der Waals surface area contributed by atoms with Gasteiger partial charge in [0.15, 0.2) is 5.82 Å². The fraction of sp³-hybridized carbons (Fsp3) is 0.500. The highest BCUT2D eigenvalue weighted by Crippen LogP contribution is 2.37. The maximum absolute atomic E-state index is 13.2. The van der Waals surface area contributed by atoms with Crippen molar-refractivity contribution < 1.29 is 4.79 Å². The molecule has 29 heavy (non-hydrogen) atoms. The first-order chi connectivity index (χ1) is 14.1. The molecule has 7 heteroatoms. The molecule has 1 spiro atoms. The van der Waals surface area contributed by atoms with Gasteiger partial charge in [0.2, 0.25) is 0 Å². The summed E-state index contributed by atoms with van der Waals surface area (Å²) in [5.74, 6) is 1.92. The van der Waals surface area contributed by atoms with Crippen molar-refractivity contribution in [2.24, 2.45) is 4.99 Å². The predicted octanol–water partition coefficient (Wildman–Crippen LogP) is 4.31. The van der Waals surface area contributed by atoms with Gasteiger partial charge in [0.25, 0.3) is 5.91 Å². The van der Waals surface area contributed by atoms with Gasteiger partial charge in [0.05, 0.1) is 23.2 Å². The normalized spacial score (nSPS) is 25.7. The Bertz CT molecular complexity index is 948. The molecule has 0 unspecified atom stereocenters. The Hall–Kier alpha value is -2.41. The zero-order valence-electron chi connectivity index (χ0n) is 16.8. The highest BCUT2D eigenvalue weighted by atomic mass is 32.1. The molecule has 1 saturated heterocycles. The summed E-state index contributed by atoms with van der Waals surface area (Å²) < 4.78 is 0. The van der Waals surface area contributed by atoms with E-state index in [0.29, 0.717) is 12.6 Å². The molecule has 2 aromatic rings. The van der Waals surface area contributed by atoms with Crippen molar-refractivity contribution in [1.29, 1.82) is 0 Å². The van der Waals surface area contributed by atoms with Crippen LogP contribution < -0.4 is 10.6 Å². The van der Waals surface area contributed by atoms with Crippen LogP contribution in [-0.2, 0) is 0 Å². The molecule has 5 rings (SSSR count). The van der Waals surface area contributed by atoms with Gasteiger partial charge in [-0.1, -0.05) is 12.8 Å². The molecule has 2 fully saturated rings. The van der Waals surface area contributed by atoms with Crippen LogP contribution in [0.3, 0.4) is 0 Å². The summed E-state index contributed by atoms with van der Waals surface area (Å²) in [6, 6.07) is 6.38. The van der Waals surface area contributed by atoms with Crippen LogP contribution in [0.15, 0.2) is 34.8 Å². The van der Waals surface area contributed by atoms with Gasteiger partial charge in [-0.3, -0.25) is 9.79 Å². The van der Waals surface area contributed by atoms with Crippen LogP contribution in [0.25, 0.3) is 0 Å². The number of aliphatic imine (C=N–C) groups is 1. The molecule has 0 aromatic carbocycles. The third-order valence-corrected chi connectivity index (χ3v) is 7.35. The molecule has 1 saturated carbocycles. The number of likely N-dealkylation sites (tertiary alicyclic amines) is 1. The molecule has 0 radical (unpaired) electrons. The lowest BCUT2D eigenvalue weighted by atomic mass is 9.85. The topological polar surface area (TPSA) is 69.6 Å². The minimum atomic E-state index is -0.377. The number of carbonyl (C=O) groups is 1. The van der Waals surface area contributed by atoms with E-state index in [0.717, 1.165) is 60.0 Å². The van der Waals surface area contributed by atoms with E-state index in [1.54, 1.807) is 6.20 Å². The molecule has 2 aliphatic heterocycles. The van der Waals surface area contributed by atoms with Crippen molar-refractivity contribution in [2.75, 3.05) is 23.7 Å². The first kappa shape index (κ1) is 18.6. The summed E-state index contributed by atoms with van der Waals surface area (Å²) in [6.45, 7) is 3.42. The van der Waals surface area contributed by atoms with Crippen molar-refractivity contribution in [1.82, 2.24) is 9.88 Å². The second-order valence-electron chi connectivity index (χ2n) is 8.41. The van der Waals surface area contributed by atoms with Gasteiger partial charge in [0, 0.05) is 12.7 Å². The molecule has 4 heterocycles. The fourth-order valence-electron chi connectivity index (χ4n) is 4.79. The van der Waals surface area contributed by atoms with Crippen molar-refractivity contribution in [2.45, 2.75) is 57.0 Å². The van der Waals surface area contributed by atoms with Gasteiger partial charge in [-0.25, -0.2) is 4.98 Å². The lowest BCUT2D eigenvalue weighted by Gasteiger charge is -2.47. The average Bonchev–Trinajstić information content (AvgIpc) is 3.40. The smallest absolute Gasteiger partial charge is 0.264 e. The zero-order valence-corrected chi connectivity index (χ0v) is 17.6. The van der Waals surface area contributed by atoms with Crippen LogP contribution in [0.5, 0.6) is 0 Å². The number of nitrogens with zero attached hydrogens (tertiary/aromatic N) is 3. The molecule has 1 aliphatic carbocycles. The number of anilines is 2. The number of hydrogen-bond acceptors (Lipinski definition) is 5. The minimum Gasteiger partial charge on any atom is -0.368 e. The number of carbonyl (C=O) groups excluding carboxylic acids is 1. The number of amidine groups is 1. The summed E-state index contributed by atoms with van der Waals surface area (Å²) >= 11 is 1.53. The molecule has 1 amide bonds. The standard InChI is InChI=1S/C22H27N5OS/c1-15-9-13-29-18(15)20(28)27-12-5-10-22(14-27)21(24-16-6-2-3-7-16)25-19-17(26-22)8-4-11-23-19/h4,8-9,11,13,16,26H,2-3,5-7,10,12,14H2,1H3,(H,23,24,25)/t22-/m0/s1. The van der Waals surface area contributed by atoms with Crippen LogP contribution >= 0.6 is 11.3 Å². The molecule has 2 N–H and O–H groups in total. The van der Waals surface area contributed by atoms with Crippen molar-refractivity contribution in [3.63, 3.8) is 0 Å². The molecule has 152 valence electrons. The number of pyridine rings is 1. The van der Waals surface area contributed by atoms with E-state index >= 15 is 0 Å². The number of thiophene rings is 1. The Morgan fingerprint density at radius 3 is 2.97 bits per heavy atom. The van der Waals surface area contributed by atoms with E-state index in [1.807, 2.05) is 35.4 Å². The van der Waals surface area contributed by atoms with Crippen molar-refractivity contribution >= 4 is 34.6 Å². The third kappa shape index (κ3) is 3.41. The first-order valence-electron chi connectivity index (χ1n) is 10.6. The van der Waals surface area contributed by atoms with E-state index in [2.05, 4.69) is 15.6 Å². The molecular weight excluding hydrogens is 382 g/mol. The molecule has 6 nitrogen and oxygen atoms in total. The van der Waals surface area contributed by atoms with E-state index < -0.39 is 0 Å². The van der Waals surface area contributed by atoms with Crippen LogP contribution in [0.4, 0.5) is 11.5 Å². The summed E-state index contributed by atoms with van der Waals surface area (Å²) in [7, 11) is 0. The van der Waals surface area contributed by atoms with Gasteiger partial charge >= 0.3 is 0 Å². The fourth-order valence-corrected chi connectivity index (χ4v) is 5.68. The van der Waals surface area contributed by atoms with Gasteiger partial charge in [0.1, 0.15) is 11.4 Å². The second kappa shape index (κ2) is 7.44. The predicted molar refractivity (Wildman–Crippen MR) is 118 cm³/mol. The number of hydrogen-bond donors (Lipinski definition) is 2. The molecular formula is C22H27N5OS. The third-order valence-electron chi connectivity index (χ3n) is 6.34. The Balaban J connectivity index is 1.49. The maximum Gasteiger partial charge on any atom is 0.264 e. The molecule has 1 atom stereocenters. The van der Waals surface area contributed by atoms with Gasteiger partial charge in [-0.05, 0) is 61.7 Å². The number of piperidine rings is 1. The van der Waals surface area contributed by atoms with E-state index in [1.165, 1.54) is 24.2 Å². The number of aromatic nitrogens is 1. The van der Waals surface area contributed by atoms with Crippen molar-refractivity contribution in [3.8, 4) is 0 Å². The van der Waals surface area contributed by atoms with E-state index in [9.17, 15) is 4.79 Å². The lowest BCUT2D eigenvalue weighted by Crippen LogP contribution is -2.62. The van der Waals surface area contributed by atoms with Crippen LogP contribution in [-0.4, -0.2) is 46.3 Å². The highest BCUT2D eigenvalue weighted by molar-refractivity contribution is 7.12. The van der Waals surface area contributed by atoms with Crippen LogP contribution in [0, 0.1) is 6.92 Å². The Morgan fingerprint density at radius 1 is 1.31 bits per heavy atom. The van der Waals surface area contributed by atoms with Gasteiger partial charge in [-0.15, -0.1) is 11.3 Å². The summed E-state index contributed by atoms with van der Waals surface area (Å²) in [4.78, 5) is 25.7. The Labute approximate surface area is 175 Å². The maximum atomic E-state index is 13.2. The quantitative estimate of drug-likeness (QED) is 0.776. The minimum absolute atomic E-state index is 0.135.